The Morgan fingerprint density at radius 1 is 1.25 bits per heavy atom. The fourth-order valence-corrected chi connectivity index (χ4v) is 2.72. The molecule has 20 heavy (non-hydrogen) atoms. The molecule has 1 fully saturated rings. The lowest BCUT2D eigenvalue weighted by Crippen LogP contribution is -2.24. The number of nitrogens with zero attached hydrogens (tertiary/aromatic N) is 5. The highest BCUT2D eigenvalue weighted by atomic mass is 16.2. The molecule has 0 radical (unpaired) electrons. The van der Waals surface area contributed by atoms with Crippen molar-refractivity contribution in [2.75, 3.05) is 13.6 Å². The monoisotopic (exact) mass is 273 g/mol. The van der Waals surface area contributed by atoms with Gasteiger partial charge in [-0.25, -0.2) is 9.97 Å². The number of aryl methyl sites for hydroxylation is 1. The van der Waals surface area contributed by atoms with Gasteiger partial charge < -0.3 is 14.0 Å². The number of likely N-dealkylation sites (N-methyl/N-ethyl adjacent to an activating group) is 1. The fraction of sp³-hybridized carbons (Fsp3) is 0.500. The van der Waals surface area contributed by atoms with Crippen LogP contribution in [0.3, 0.4) is 0 Å². The number of imidazole rings is 2. The Labute approximate surface area is 118 Å². The summed E-state index contributed by atoms with van der Waals surface area (Å²) in [6.07, 6.45) is 4.43. The Hall–Kier alpha value is -2.11. The number of aromatic nitrogens is 4. The summed E-state index contributed by atoms with van der Waals surface area (Å²) in [6, 6.07) is -0.158. The number of rotatable bonds is 2. The highest BCUT2D eigenvalue weighted by Crippen LogP contribution is 2.28. The van der Waals surface area contributed by atoms with Crippen LogP contribution in [0, 0.1) is 13.8 Å². The normalized spacial score (nSPS) is 19.1. The Kier molecular flexibility index (Phi) is 2.88. The van der Waals surface area contributed by atoms with Gasteiger partial charge in [0.25, 0.3) is 0 Å². The standard InChI is InChI=1S/C14H19N5O/c1-9-10(2)18(4)13(16-9)12-15-6-8-19(12)11-5-7-17(3)14(11)20/h6,8,11H,5,7H2,1-4H3. The van der Waals surface area contributed by atoms with Gasteiger partial charge in [0.1, 0.15) is 6.04 Å². The van der Waals surface area contributed by atoms with Crippen molar-refractivity contribution in [3.05, 3.63) is 23.8 Å². The SMILES string of the molecule is Cc1nc(-c2nccn2C2CCN(C)C2=O)n(C)c1C. The van der Waals surface area contributed by atoms with Crippen LogP contribution in [-0.2, 0) is 11.8 Å². The number of hydrogen-bond donors (Lipinski definition) is 0. The number of carbonyl (C=O) groups excluding carboxylic acids is 1. The minimum atomic E-state index is -0.158. The molecule has 3 rings (SSSR count). The topological polar surface area (TPSA) is 56.0 Å². The van der Waals surface area contributed by atoms with Crippen molar-refractivity contribution in [1.82, 2.24) is 24.0 Å². The van der Waals surface area contributed by atoms with E-state index in [4.69, 9.17) is 0 Å². The van der Waals surface area contributed by atoms with Crippen LogP contribution < -0.4 is 0 Å². The zero-order valence-corrected chi connectivity index (χ0v) is 12.3. The van der Waals surface area contributed by atoms with Crippen molar-refractivity contribution in [3.8, 4) is 11.6 Å². The number of hydrogen-bond acceptors (Lipinski definition) is 3. The summed E-state index contributed by atoms with van der Waals surface area (Å²) in [5, 5.41) is 0. The summed E-state index contributed by atoms with van der Waals surface area (Å²) >= 11 is 0. The molecule has 1 saturated heterocycles. The molecule has 2 aromatic rings. The van der Waals surface area contributed by atoms with E-state index < -0.39 is 0 Å². The Morgan fingerprint density at radius 3 is 2.55 bits per heavy atom. The first-order valence-corrected chi connectivity index (χ1v) is 6.78. The Bertz CT molecular complexity index is 669. The summed E-state index contributed by atoms with van der Waals surface area (Å²) in [6.45, 7) is 4.81. The van der Waals surface area contributed by atoms with Crippen LogP contribution in [0.1, 0.15) is 23.9 Å². The summed E-state index contributed by atoms with van der Waals surface area (Å²) in [5.41, 5.74) is 2.11. The molecule has 1 unspecified atom stereocenters. The van der Waals surface area contributed by atoms with Gasteiger partial charge in [0.15, 0.2) is 11.6 Å². The molecule has 1 amide bonds. The molecule has 0 N–H and O–H groups in total. The maximum absolute atomic E-state index is 12.2. The molecular weight excluding hydrogens is 254 g/mol. The molecule has 6 heteroatoms. The van der Waals surface area contributed by atoms with Crippen molar-refractivity contribution in [2.24, 2.45) is 7.05 Å². The molecular formula is C14H19N5O. The van der Waals surface area contributed by atoms with Gasteiger partial charge in [0.05, 0.1) is 5.69 Å². The van der Waals surface area contributed by atoms with Crippen molar-refractivity contribution in [1.29, 1.82) is 0 Å². The van der Waals surface area contributed by atoms with E-state index in [9.17, 15) is 4.79 Å². The van der Waals surface area contributed by atoms with Crippen molar-refractivity contribution < 1.29 is 4.79 Å². The molecule has 1 atom stereocenters. The van der Waals surface area contributed by atoms with Crippen LogP contribution in [0.4, 0.5) is 0 Å². The molecule has 3 heterocycles. The Morgan fingerprint density at radius 2 is 2.00 bits per heavy atom. The predicted octanol–water partition coefficient (Wildman–Crippen LogP) is 1.30. The van der Waals surface area contributed by atoms with Gasteiger partial charge in [-0.1, -0.05) is 0 Å². The van der Waals surface area contributed by atoms with E-state index >= 15 is 0 Å². The molecule has 1 aliphatic heterocycles. The lowest BCUT2D eigenvalue weighted by Gasteiger charge is -2.14. The molecule has 0 saturated carbocycles. The lowest BCUT2D eigenvalue weighted by molar-refractivity contribution is -0.129. The molecule has 0 spiro atoms. The smallest absolute Gasteiger partial charge is 0.245 e. The van der Waals surface area contributed by atoms with Gasteiger partial charge >= 0.3 is 0 Å². The van der Waals surface area contributed by atoms with E-state index in [0.29, 0.717) is 0 Å². The fourth-order valence-electron chi connectivity index (χ4n) is 2.72. The van der Waals surface area contributed by atoms with Crippen molar-refractivity contribution >= 4 is 5.91 Å². The van der Waals surface area contributed by atoms with E-state index in [1.165, 1.54) is 0 Å². The van der Waals surface area contributed by atoms with Gasteiger partial charge in [-0.3, -0.25) is 4.79 Å². The molecule has 0 aromatic carbocycles. The van der Waals surface area contributed by atoms with Crippen LogP contribution in [0.5, 0.6) is 0 Å². The van der Waals surface area contributed by atoms with Crippen LogP contribution in [0.2, 0.25) is 0 Å². The molecule has 106 valence electrons. The zero-order chi connectivity index (χ0) is 14.4. The second-order valence-electron chi connectivity index (χ2n) is 5.39. The van der Waals surface area contributed by atoms with Crippen LogP contribution in [0.25, 0.3) is 11.6 Å². The summed E-state index contributed by atoms with van der Waals surface area (Å²) in [4.78, 5) is 23.0. The molecule has 0 bridgehead atoms. The van der Waals surface area contributed by atoms with Crippen LogP contribution in [-0.4, -0.2) is 43.5 Å². The second-order valence-corrected chi connectivity index (χ2v) is 5.39. The predicted molar refractivity (Wildman–Crippen MR) is 75.2 cm³/mol. The Balaban J connectivity index is 2.07. The number of amides is 1. The molecule has 2 aromatic heterocycles. The quantitative estimate of drug-likeness (QED) is 0.829. The number of carbonyl (C=O) groups is 1. The second kappa shape index (κ2) is 4.47. The van der Waals surface area contributed by atoms with Gasteiger partial charge in [-0.15, -0.1) is 0 Å². The third-order valence-electron chi connectivity index (χ3n) is 4.22. The highest BCUT2D eigenvalue weighted by molar-refractivity contribution is 5.82. The zero-order valence-electron chi connectivity index (χ0n) is 12.3. The molecule has 0 aliphatic carbocycles. The highest BCUT2D eigenvalue weighted by Gasteiger charge is 2.32. The minimum Gasteiger partial charge on any atom is -0.344 e. The number of likely N-dealkylation sites (tertiary alicyclic amines) is 1. The lowest BCUT2D eigenvalue weighted by atomic mass is 10.2. The van der Waals surface area contributed by atoms with E-state index in [1.807, 2.05) is 43.3 Å². The maximum Gasteiger partial charge on any atom is 0.245 e. The van der Waals surface area contributed by atoms with Gasteiger partial charge in [0.2, 0.25) is 5.91 Å². The molecule has 6 nitrogen and oxygen atoms in total. The first kappa shape index (κ1) is 12.9. The average molecular weight is 273 g/mol. The van der Waals surface area contributed by atoms with E-state index in [2.05, 4.69) is 9.97 Å². The van der Waals surface area contributed by atoms with Crippen molar-refractivity contribution in [3.63, 3.8) is 0 Å². The van der Waals surface area contributed by atoms with Gasteiger partial charge in [-0.2, -0.15) is 0 Å². The third-order valence-corrected chi connectivity index (χ3v) is 4.22. The molecule has 1 aliphatic rings. The summed E-state index contributed by atoms with van der Waals surface area (Å²) in [7, 11) is 3.82. The third kappa shape index (κ3) is 1.75. The largest absolute Gasteiger partial charge is 0.344 e. The average Bonchev–Trinajstić information content (AvgIpc) is 3.07. The first-order chi connectivity index (χ1) is 9.50. The van der Waals surface area contributed by atoms with Crippen molar-refractivity contribution in [2.45, 2.75) is 26.3 Å². The van der Waals surface area contributed by atoms with Gasteiger partial charge in [0, 0.05) is 38.7 Å². The van der Waals surface area contributed by atoms with E-state index in [1.54, 1.807) is 11.1 Å². The maximum atomic E-state index is 12.2. The van der Waals surface area contributed by atoms with Crippen LogP contribution in [0.15, 0.2) is 12.4 Å². The summed E-state index contributed by atoms with van der Waals surface area (Å²) < 4.78 is 3.98. The van der Waals surface area contributed by atoms with Crippen LogP contribution >= 0.6 is 0 Å². The van der Waals surface area contributed by atoms with Gasteiger partial charge in [-0.05, 0) is 20.3 Å². The minimum absolute atomic E-state index is 0.145. The van der Waals surface area contributed by atoms with E-state index in [0.717, 1.165) is 36.0 Å². The first-order valence-electron chi connectivity index (χ1n) is 6.78. The summed E-state index contributed by atoms with van der Waals surface area (Å²) in [5.74, 6) is 1.72. The van der Waals surface area contributed by atoms with E-state index in [-0.39, 0.29) is 11.9 Å².